The lowest BCUT2D eigenvalue weighted by molar-refractivity contribution is -0.0882. The predicted molar refractivity (Wildman–Crippen MR) is 108 cm³/mol. The average Bonchev–Trinajstić information content (AvgIpc) is 2.58. The molecule has 1 saturated heterocycles. The minimum atomic E-state index is -4.41. The minimum Gasteiger partial charge on any atom is -0.444 e. The Hall–Kier alpha value is -1.90. The lowest BCUT2D eigenvalue weighted by Gasteiger charge is -2.34. The molecule has 0 unspecified atom stereocenters. The molecule has 1 fully saturated rings. The third kappa shape index (κ3) is 9.34. The fourth-order valence-electron chi connectivity index (χ4n) is 2.18. The van der Waals surface area contributed by atoms with E-state index in [9.17, 15) is 18.0 Å². The molecule has 28 heavy (non-hydrogen) atoms. The van der Waals surface area contributed by atoms with Crippen LogP contribution in [-0.4, -0.2) is 66.4 Å². The molecule has 9 heteroatoms. The van der Waals surface area contributed by atoms with Crippen LogP contribution in [0.15, 0.2) is 39.9 Å². The number of alkyl halides is 3. The zero-order valence-corrected chi connectivity index (χ0v) is 17.7. The highest BCUT2D eigenvalue weighted by atomic mass is 32.2. The van der Waals surface area contributed by atoms with Gasteiger partial charge in [-0.3, -0.25) is 0 Å². The Morgan fingerprint density at radius 1 is 1.14 bits per heavy atom. The van der Waals surface area contributed by atoms with Gasteiger partial charge in [0.05, 0.1) is 11.9 Å². The first-order valence-corrected chi connectivity index (χ1v) is 10.1. The predicted octanol–water partition coefficient (Wildman–Crippen LogP) is 4.84. The summed E-state index contributed by atoms with van der Waals surface area (Å²) in [6, 6.07) is 0. The Bertz CT molecular complexity index is 642. The second-order valence-electron chi connectivity index (χ2n) is 7.19. The Morgan fingerprint density at radius 3 is 2.25 bits per heavy atom. The zero-order chi connectivity index (χ0) is 21.4. The van der Waals surface area contributed by atoms with Crippen molar-refractivity contribution in [3.8, 4) is 0 Å². The van der Waals surface area contributed by atoms with Gasteiger partial charge in [-0.2, -0.15) is 13.2 Å². The van der Waals surface area contributed by atoms with Gasteiger partial charge >= 0.3 is 12.3 Å². The van der Waals surface area contributed by atoms with E-state index in [0.29, 0.717) is 31.1 Å². The molecular formula is C19H28F3N3O2S. The van der Waals surface area contributed by atoms with Crippen molar-refractivity contribution < 1.29 is 22.7 Å². The maximum absolute atomic E-state index is 13.0. The number of thioether (sulfide) groups is 1. The maximum atomic E-state index is 13.0. The maximum Gasteiger partial charge on any atom is 0.416 e. The highest BCUT2D eigenvalue weighted by molar-refractivity contribution is 8.02. The van der Waals surface area contributed by atoms with Crippen molar-refractivity contribution in [2.45, 2.75) is 39.5 Å². The Labute approximate surface area is 169 Å². The van der Waals surface area contributed by atoms with Gasteiger partial charge in [-0.15, -0.1) is 11.8 Å². The largest absolute Gasteiger partial charge is 0.444 e. The molecule has 0 aliphatic carbocycles. The van der Waals surface area contributed by atoms with E-state index in [1.54, 1.807) is 24.4 Å². The van der Waals surface area contributed by atoms with Gasteiger partial charge < -0.3 is 14.5 Å². The number of piperazine rings is 1. The molecule has 0 aromatic carbocycles. The van der Waals surface area contributed by atoms with Crippen LogP contribution < -0.4 is 0 Å². The highest BCUT2D eigenvalue weighted by Gasteiger charge is 2.31. The number of allylic oxidation sites excluding steroid dienone is 5. The van der Waals surface area contributed by atoms with Crippen molar-refractivity contribution in [1.29, 1.82) is 0 Å². The summed E-state index contributed by atoms with van der Waals surface area (Å²) in [6.45, 7) is 9.24. The van der Waals surface area contributed by atoms with Crippen molar-refractivity contribution in [2.24, 2.45) is 4.99 Å². The molecule has 1 heterocycles. The van der Waals surface area contributed by atoms with Crippen LogP contribution in [0.2, 0.25) is 0 Å². The molecule has 1 rings (SSSR count). The smallest absolute Gasteiger partial charge is 0.416 e. The van der Waals surface area contributed by atoms with E-state index in [0.717, 1.165) is 12.2 Å². The lowest BCUT2D eigenvalue weighted by atomic mass is 10.2. The van der Waals surface area contributed by atoms with Gasteiger partial charge in [0.15, 0.2) is 0 Å². The van der Waals surface area contributed by atoms with Crippen LogP contribution in [0.3, 0.4) is 0 Å². The molecule has 0 bridgehead atoms. The van der Waals surface area contributed by atoms with Crippen molar-refractivity contribution >= 4 is 24.2 Å². The summed E-state index contributed by atoms with van der Waals surface area (Å²) in [7, 11) is 0. The number of hydrogen-bond acceptors (Lipinski definition) is 4. The number of amides is 1. The van der Waals surface area contributed by atoms with Gasteiger partial charge in [0.25, 0.3) is 0 Å². The molecule has 0 saturated carbocycles. The average molecular weight is 420 g/mol. The van der Waals surface area contributed by atoms with Crippen molar-refractivity contribution in [2.75, 3.05) is 32.4 Å². The third-order valence-corrected chi connectivity index (χ3v) is 4.41. The molecule has 1 aliphatic heterocycles. The second-order valence-corrected chi connectivity index (χ2v) is 8.24. The van der Waals surface area contributed by atoms with E-state index in [1.165, 1.54) is 24.0 Å². The van der Waals surface area contributed by atoms with E-state index in [-0.39, 0.29) is 6.09 Å². The van der Waals surface area contributed by atoms with E-state index < -0.39 is 17.4 Å². The Balaban J connectivity index is 2.56. The van der Waals surface area contributed by atoms with E-state index >= 15 is 0 Å². The zero-order valence-electron chi connectivity index (χ0n) is 16.9. The van der Waals surface area contributed by atoms with Gasteiger partial charge in [0, 0.05) is 32.4 Å². The number of ether oxygens (including phenoxy) is 1. The number of carbonyl (C=O) groups is 1. The quantitative estimate of drug-likeness (QED) is 0.364. The first-order chi connectivity index (χ1) is 12.9. The Morgan fingerprint density at radius 2 is 1.75 bits per heavy atom. The first kappa shape index (κ1) is 24.1. The molecule has 0 atom stereocenters. The van der Waals surface area contributed by atoms with Gasteiger partial charge in [-0.25, -0.2) is 9.79 Å². The van der Waals surface area contributed by atoms with Gasteiger partial charge in [-0.1, -0.05) is 0 Å². The number of nitrogens with zero attached hydrogens (tertiary/aromatic N) is 3. The summed E-state index contributed by atoms with van der Waals surface area (Å²) in [6.07, 6.45) is 3.21. The summed E-state index contributed by atoms with van der Waals surface area (Å²) >= 11 is 1.26. The fourth-order valence-corrected chi connectivity index (χ4v) is 2.42. The van der Waals surface area contributed by atoms with Crippen molar-refractivity contribution in [3.05, 3.63) is 34.9 Å². The van der Waals surface area contributed by atoms with Crippen LogP contribution >= 0.6 is 11.8 Å². The molecule has 0 N–H and O–H groups in total. The van der Waals surface area contributed by atoms with Crippen molar-refractivity contribution in [1.82, 2.24) is 9.80 Å². The molecule has 0 aromatic heterocycles. The molecule has 0 spiro atoms. The number of rotatable bonds is 5. The standard InChI is InChI=1S/C19H28F3N3O2S/c1-15(28-5)13-16(19(20,21)22)7-6-8-23-14-24-9-11-25(12-10-24)17(26)27-18(2,3)4/h6-8,13-14H,9-12H2,1-5H3/b8-6+,15-13+,16-7+,23-14+. The van der Waals surface area contributed by atoms with Crippen LogP contribution in [0.25, 0.3) is 0 Å². The number of aliphatic imine (C=N–C) groups is 1. The first-order valence-electron chi connectivity index (χ1n) is 8.84. The van der Waals surface area contributed by atoms with Gasteiger partial charge in [0.2, 0.25) is 0 Å². The summed E-state index contributed by atoms with van der Waals surface area (Å²) in [5.74, 6) is 0. The van der Waals surface area contributed by atoms with Crippen LogP contribution in [0.1, 0.15) is 27.7 Å². The molecular weight excluding hydrogens is 391 g/mol. The molecule has 1 amide bonds. The van der Waals surface area contributed by atoms with E-state index in [1.807, 2.05) is 25.7 Å². The number of hydrogen-bond donors (Lipinski definition) is 0. The third-order valence-electron chi connectivity index (χ3n) is 3.65. The molecule has 158 valence electrons. The molecule has 1 aliphatic rings. The van der Waals surface area contributed by atoms with Crippen LogP contribution in [0.5, 0.6) is 0 Å². The van der Waals surface area contributed by atoms with E-state index in [2.05, 4.69) is 4.99 Å². The second kappa shape index (κ2) is 10.6. The fraction of sp³-hybridized carbons (Fsp3) is 0.579. The summed E-state index contributed by atoms with van der Waals surface area (Å²) < 4.78 is 44.3. The van der Waals surface area contributed by atoms with Crippen LogP contribution in [0, 0.1) is 0 Å². The lowest BCUT2D eigenvalue weighted by Crippen LogP contribution is -2.49. The number of carbonyl (C=O) groups excluding carboxylic acids is 1. The normalized spacial score (nSPS) is 17.7. The van der Waals surface area contributed by atoms with Crippen molar-refractivity contribution in [3.63, 3.8) is 0 Å². The highest BCUT2D eigenvalue weighted by Crippen LogP contribution is 2.29. The molecule has 5 nitrogen and oxygen atoms in total. The monoisotopic (exact) mass is 419 g/mol. The van der Waals surface area contributed by atoms with E-state index in [4.69, 9.17) is 4.74 Å². The van der Waals surface area contributed by atoms with Crippen LogP contribution in [0.4, 0.5) is 18.0 Å². The Kier molecular flexibility index (Phi) is 9.13. The summed E-state index contributed by atoms with van der Waals surface area (Å²) in [5, 5.41) is 0. The topological polar surface area (TPSA) is 45.1 Å². The molecule has 0 radical (unpaired) electrons. The number of halogens is 3. The molecule has 0 aromatic rings. The van der Waals surface area contributed by atoms with Crippen LogP contribution in [-0.2, 0) is 4.74 Å². The minimum absolute atomic E-state index is 0.345. The van der Waals surface area contributed by atoms with Gasteiger partial charge in [0.1, 0.15) is 5.60 Å². The summed E-state index contributed by atoms with van der Waals surface area (Å²) in [4.78, 5) is 20.1. The summed E-state index contributed by atoms with van der Waals surface area (Å²) in [5.41, 5.74) is -1.26. The van der Waals surface area contributed by atoms with Gasteiger partial charge in [-0.05, 0) is 57.1 Å². The SMILES string of the molecule is CS/C(C)=C/C(=C\C=C\N=C\N1CCN(C(=O)OC(C)(C)C)CC1)C(F)(F)F.